The maximum absolute atomic E-state index is 9.26. The molecule has 1 aromatic carbocycles. The zero-order valence-corrected chi connectivity index (χ0v) is 15.7. The Morgan fingerprint density at radius 1 is 1.25 bits per heavy atom. The van der Waals surface area contributed by atoms with Gasteiger partial charge in [-0.1, -0.05) is 30.3 Å². The summed E-state index contributed by atoms with van der Waals surface area (Å²) in [5.74, 6) is 1.28. The van der Waals surface area contributed by atoms with E-state index in [-0.39, 0.29) is 17.0 Å². The van der Waals surface area contributed by atoms with E-state index in [0.717, 1.165) is 41.7 Å². The summed E-state index contributed by atoms with van der Waals surface area (Å²) in [6, 6.07) is 12.2. The highest BCUT2D eigenvalue weighted by Gasteiger charge is 2.69. The van der Waals surface area contributed by atoms with Gasteiger partial charge in [0.2, 0.25) is 5.95 Å². The van der Waals surface area contributed by atoms with Gasteiger partial charge in [0.05, 0.1) is 23.1 Å². The van der Waals surface area contributed by atoms with E-state index in [4.69, 9.17) is 10.7 Å². The summed E-state index contributed by atoms with van der Waals surface area (Å²) >= 11 is 0. The van der Waals surface area contributed by atoms with Crippen molar-refractivity contribution in [2.24, 2.45) is 18.2 Å². The number of aromatic nitrogens is 4. The molecule has 0 saturated heterocycles. The molecule has 3 fully saturated rings. The van der Waals surface area contributed by atoms with Crippen LogP contribution in [0.3, 0.4) is 0 Å². The highest BCUT2D eigenvalue weighted by molar-refractivity contribution is 5.88. The van der Waals surface area contributed by atoms with E-state index < -0.39 is 0 Å². The second-order valence-electron chi connectivity index (χ2n) is 8.13. The van der Waals surface area contributed by atoms with Crippen LogP contribution >= 0.6 is 0 Å². The van der Waals surface area contributed by atoms with Crippen LogP contribution in [0.2, 0.25) is 0 Å². The quantitative estimate of drug-likeness (QED) is 0.606. The van der Waals surface area contributed by atoms with Gasteiger partial charge in [0.15, 0.2) is 5.65 Å². The van der Waals surface area contributed by atoms with E-state index in [1.807, 2.05) is 37.4 Å². The van der Waals surface area contributed by atoms with Gasteiger partial charge in [-0.05, 0) is 24.8 Å². The van der Waals surface area contributed by atoms with E-state index in [0.29, 0.717) is 12.5 Å². The zero-order valence-electron chi connectivity index (χ0n) is 15.7. The largest absolute Gasteiger partial charge is 0.364 e. The Bertz CT molecular complexity index is 1060. The van der Waals surface area contributed by atoms with Crippen molar-refractivity contribution in [3.63, 3.8) is 0 Å². The number of nitrogens with zero attached hydrogens (tertiary/aromatic N) is 5. The molecule has 4 N–H and O–H groups in total. The summed E-state index contributed by atoms with van der Waals surface area (Å²) in [6.07, 6.45) is 4.42. The molecule has 0 radical (unpaired) electrons. The van der Waals surface area contributed by atoms with Gasteiger partial charge in [0.25, 0.3) is 0 Å². The third-order valence-corrected chi connectivity index (χ3v) is 5.95. The third kappa shape index (κ3) is 2.59. The van der Waals surface area contributed by atoms with Crippen molar-refractivity contribution in [1.29, 1.82) is 5.26 Å². The number of nitrogens with two attached hydrogens (primary N) is 1. The van der Waals surface area contributed by atoms with Crippen molar-refractivity contribution in [3.05, 3.63) is 42.1 Å². The van der Waals surface area contributed by atoms with Crippen LogP contribution in [0.5, 0.6) is 0 Å². The van der Waals surface area contributed by atoms with Gasteiger partial charge in [0, 0.05) is 25.2 Å². The maximum atomic E-state index is 9.26. The Balaban J connectivity index is 1.38. The molecule has 0 amide bonds. The van der Waals surface area contributed by atoms with Gasteiger partial charge < -0.3 is 16.4 Å². The first-order valence-electron chi connectivity index (χ1n) is 9.45. The van der Waals surface area contributed by atoms with Gasteiger partial charge in [-0.2, -0.15) is 20.3 Å². The number of aryl methyl sites for hydroxylation is 1. The first kappa shape index (κ1) is 17.0. The van der Waals surface area contributed by atoms with Crippen LogP contribution in [0.1, 0.15) is 30.9 Å². The predicted octanol–water partition coefficient (Wildman–Crippen LogP) is 2.33. The first-order chi connectivity index (χ1) is 13.5. The molecule has 28 heavy (non-hydrogen) atoms. The summed E-state index contributed by atoms with van der Waals surface area (Å²) in [5.41, 5.74) is 7.99. The first-order valence-corrected chi connectivity index (χ1v) is 9.45. The maximum Gasteiger partial charge on any atom is 0.226 e. The van der Waals surface area contributed by atoms with Crippen molar-refractivity contribution in [2.45, 2.75) is 30.8 Å². The van der Waals surface area contributed by atoms with E-state index in [1.165, 1.54) is 0 Å². The van der Waals surface area contributed by atoms with Crippen LogP contribution in [0, 0.1) is 16.7 Å². The van der Waals surface area contributed by atoms with E-state index in [2.05, 4.69) is 26.8 Å². The molecule has 3 aromatic rings. The number of nitriles is 1. The van der Waals surface area contributed by atoms with Crippen LogP contribution in [0.25, 0.3) is 11.0 Å². The second-order valence-corrected chi connectivity index (χ2v) is 8.13. The van der Waals surface area contributed by atoms with Crippen LogP contribution in [-0.4, -0.2) is 31.8 Å². The second kappa shape index (κ2) is 5.91. The van der Waals surface area contributed by atoms with Crippen molar-refractivity contribution < 1.29 is 0 Å². The molecule has 0 aliphatic heterocycles. The molecule has 142 valence electrons. The SMILES string of the molecule is Cn1ncc2c(NC34CC(C#N)(C3)C4)nc(NCC(N)c3ccccc3)nc21. The number of anilines is 2. The smallest absolute Gasteiger partial charge is 0.226 e. The molecule has 2 bridgehead atoms. The number of benzene rings is 1. The van der Waals surface area contributed by atoms with Crippen LogP contribution in [-0.2, 0) is 7.05 Å². The molecule has 0 spiro atoms. The third-order valence-electron chi connectivity index (χ3n) is 5.95. The van der Waals surface area contributed by atoms with Crippen molar-refractivity contribution in [3.8, 4) is 6.07 Å². The Morgan fingerprint density at radius 3 is 2.71 bits per heavy atom. The monoisotopic (exact) mass is 374 g/mol. The lowest BCUT2D eigenvalue weighted by Crippen LogP contribution is -2.70. The number of hydrogen-bond donors (Lipinski definition) is 3. The minimum Gasteiger partial charge on any atom is -0.364 e. The summed E-state index contributed by atoms with van der Waals surface area (Å²) < 4.78 is 1.74. The van der Waals surface area contributed by atoms with Gasteiger partial charge in [0.1, 0.15) is 5.82 Å². The average molecular weight is 374 g/mol. The highest BCUT2D eigenvalue weighted by Crippen LogP contribution is 2.68. The molecule has 8 nitrogen and oxygen atoms in total. The lowest BCUT2D eigenvalue weighted by molar-refractivity contribution is -0.0661. The molecule has 1 unspecified atom stereocenters. The summed E-state index contributed by atoms with van der Waals surface area (Å²) in [6.45, 7) is 0.523. The molecule has 1 atom stereocenters. The number of hydrogen-bond acceptors (Lipinski definition) is 7. The Labute approximate surface area is 162 Å². The van der Waals surface area contributed by atoms with E-state index in [9.17, 15) is 5.26 Å². The lowest BCUT2D eigenvalue weighted by Gasteiger charge is -2.67. The molecule has 6 rings (SSSR count). The van der Waals surface area contributed by atoms with Gasteiger partial charge in [-0.25, -0.2) is 0 Å². The Morgan fingerprint density at radius 2 is 2.00 bits per heavy atom. The van der Waals surface area contributed by atoms with Crippen LogP contribution < -0.4 is 16.4 Å². The van der Waals surface area contributed by atoms with E-state index >= 15 is 0 Å². The molecule has 2 aromatic heterocycles. The zero-order chi connectivity index (χ0) is 19.4. The minimum absolute atomic E-state index is 0.00936. The normalized spacial score (nSPS) is 26.0. The summed E-state index contributed by atoms with van der Waals surface area (Å²) in [4.78, 5) is 9.30. The van der Waals surface area contributed by atoms with Gasteiger partial charge in [-0.15, -0.1) is 0 Å². The highest BCUT2D eigenvalue weighted by atomic mass is 15.3. The molecule has 8 heteroatoms. The number of nitrogens with one attached hydrogen (secondary N) is 2. The molecule has 3 aliphatic carbocycles. The fourth-order valence-electron chi connectivity index (χ4n) is 4.51. The van der Waals surface area contributed by atoms with Crippen molar-refractivity contribution in [2.75, 3.05) is 17.2 Å². The van der Waals surface area contributed by atoms with Crippen LogP contribution in [0.4, 0.5) is 11.8 Å². The van der Waals surface area contributed by atoms with Crippen molar-refractivity contribution in [1.82, 2.24) is 19.7 Å². The minimum atomic E-state index is -0.156. The topological polar surface area (TPSA) is 117 Å². The number of rotatable bonds is 6. The van der Waals surface area contributed by atoms with E-state index in [1.54, 1.807) is 10.9 Å². The lowest BCUT2D eigenvalue weighted by atomic mass is 9.40. The molecular formula is C20H22N8. The fraction of sp³-hybridized carbons (Fsp3) is 0.400. The molecule has 3 aliphatic rings. The molecule has 2 heterocycles. The standard InChI is InChI=1S/C20H22N8/c1-28-17-14(7-24-28)16(27-20-9-19(10-20,11-20)12-21)25-18(26-17)23-8-15(22)13-5-3-2-4-6-13/h2-7,15H,8-11,22H2,1H3,(H2,23,25,26,27). The fourth-order valence-corrected chi connectivity index (χ4v) is 4.51. The predicted molar refractivity (Wildman–Crippen MR) is 106 cm³/mol. The van der Waals surface area contributed by atoms with Gasteiger partial charge >= 0.3 is 0 Å². The molecular weight excluding hydrogens is 352 g/mol. The summed E-state index contributed by atoms with van der Waals surface area (Å²) in [7, 11) is 1.87. The average Bonchev–Trinajstić information content (AvgIpc) is 3.03. The molecule has 3 saturated carbocycles. The van der Waals surface area contributed by atoms with Crippen molar-refractivity contribution >= 4 is 22.8 Å². The Hall–Kier alpha value is -3.18. The summed E-state index contributed by atoms with van der Waals surface area (Å²) in [5, 5.41) is 21.3. The number of fused-ring (bicyclic) bond motifs is 1. The Kier molecular flexibility index (Phi) is 3.58. The van der Waals surface area contributed by atoms with Gasteiger partial charge in [-0.3, -0.25) is 4.68 Å². The van der Waals surface area contributed by atoms with Crippen LogP contribution in [0.15, 0.2) is 36.5 Å².